The van der Waals surface area contributed by atoms with E-state index in [2.05, 4.69) is 6.92 Å². The van der Waals surface area contributed by atoms with Crippen LogP contribution in [0, 0.1) is 0 Å². The minimum atomic E-state index is -1.16. The van der Waals surface area contributed by atoms with E-state index >= 15 is 0 Å². The first-order valence-corrected chi connectivity index (χ1v) is 8.04. The third-order valence-corrected chi connectivity index (χ3v) is 3.57. The van der Waals surface area contributed by atoms with Crippen LogP contribution in [0.4, 0.5) is 0 Å². The molecule has 0 radical (unpaired) electrons. The molecule has 0 amide bonds. The summed E-state index contributed by atoms with van der Waals surface area (Å²) in [6.45, 7) is 1.79. The van der Waals surface area contributed by atoms with Gasteiger partial charge in [-0.05, 0) is 6.42 Å². The van der Waals surface area contributed by atoms with Crippen molar-refractivity contribution in [3.63, 3.8) is 0 Å². The van der Waals surface area contributed by atoms with Gasteiger partial charge in [0.05, 0.1) is 6.61 Å². The SMILES string of the molecule is CCCCCCCCCCCCCC(=O)C(O)CO. The van der Waals surface area contributed by atoms with Gasteiger partial charge in [-0.1, -0.05) is 71.1 Å². The van der Waals surface area contributed by atoms with Crippen LogP contribution < -0.4 is 0 Å². The van der Waals surface area contributed by atoms with Gasteiger partial charge in [0.2, 0.25) is 0 Å². The van der Waals surface area contributed by atoms with Gasteiger partial charge in [-0.25, -0.2) is 0 Å². The number of hydrogen-bond acceptors (Lipinski definition) is 3. The first-order valence-electron chi connectivity index (χ1n) is 8.04. The Morgan fingerprint density at radius 1 is 0.842 bits per heavy atom. The van der Waals surface area contributed by atoms with Crippen molar-refractivity contribution in [3.05, 3.63) is 0 Å². The molecule has 114 valence electrons. The lowest BCUT2D eigenvalue weighted by Gasteiger charge is -2.05. The second-order valence-electron chi connectivity index (χ2n) is 5.45. The zero-order valence-corrected chi connectivity index (χ0v) is 12.6. The Morgan fingerprint density at radius 2 is 1.26 bits per heavy atom. The van der Waals surface area contributed by atoms with Crippen LogP contribution in [0.5, 0.6) is 0 Å². The van der Waals surface area contributed by atoms with E-state index in [1.54, 1.807) is 0 Å². The zero-order chi connectivity index (χ0) is 14.3. The molecule has 2 N–H and O–H groups in total. The van der Waals surface area contributed by atoms with Crippen molar-refractivity contribution in [3.8, 4) is 0 Å². The first-order chi connectivity index (χ1) is 9.22. The molecular weight excluding hydrogens is 240 g/mol. The van der Waals surface area contributed by atoms with Crippen LogP contribution in [0.1, 0.15) is 84.0 Å². The van der Waals surface area contributed by atoms with Crippen molar-refractivity contribution >= 4 is 5.78 Å². The molecule has 0 heterocycles. The maximum absolute atomic E-state index is 11.2. The molecular formula is C16H32O3. The van der Waals surface area contributed by atoms with Gasteiger partial charge in [0.25, 0.3) is 0 Å². The van der Waals surface area contributed by atoms with E-state index in [9.17, 15) is 4.79 Å². The third kappa shape index (κ3) is 12.4. The number of ketones is 1. The number of carbonyl (C=O) groups is 1. The van der Waals surface area contributed by atoms with E-state index in [0.29, 0.717) is 6.42 Å². The summed E-state index contributed by atoms with van der Waals surface area (Å²) >= 11 is 0. The summed E-state index contributed by atoms with van der Waals surface area (Å²) in [4.78, 5) is 11.2. The summed E-state index contributed by atoms with van der Waals surface area (Å²) in [5, 5.41) is 17.7. The minimum Gasteiger partial charge on any atom is -0.393 e. The highest BCUT2D eigenvalue weighted by atomic mass is 16.3. The van der Waals surface area contributed by atoms with Crippen LogP contribution in [-0.4, -0.2) is 28.7 Å². The van der Waals surface area contributed by atoms with Crippen molar-refractivity contribution in [1.82, 2.24) is 0 Å². The highest BCUT2D eigenvalue weighted by Gasteiger charge is 2.12. The standard InChI is InChI=1S/C16H32O3/c1-2-3-4-5-6-7-8-9-10-11-12-13-15(18)16(19)14-17/h16-17,19H,2-14H2,1H3. The van der Waals surface area contributed by atoms with Crippen LogP contribution in [0.25, 0.3) is 0 Å². The van der Waals surface area contributed by atoms with E-state index < -0.39 is 12.7 Å². The Labute approximate surface area is 118 Å². The summed E-state index contributed by atoms with van der Waals surface area (Å²) in [5.41, 5.74) is 0. The number of Topliss-reactive ketones (excluding diaryl/α,β-unsaturated/α-hetero) is 1. The van der Waals surface area contributed by atoms with E-state index in [1.807, 2.05) is 0 Å². The van der Waals surface area contributed by atoms with Crippen LogP contribution in [-0.2, 0) is 4.79 Å². The van der Waals surface area contributed by atoms with Gasteiger partial charge in [0.15, 0.2) is 5.78 Å². The Kier molecular flexibility index (Phi) is 13.7. The predicted octanol–water partition coefficient (Wildman–Crippen LogP) is 3.61. The summed E-state index contributed by atoms with van der Waals surface area (Å²) in [7, 11) is 0. The van der Waals surface area contributed by atoms with Gasteiger partial charge in [0.1, 0.15) is 6.10 Å². The number of hydrogen-bond donors (Lipinski definition) is 2. The highest BCUT2D eigenvalue weighted by Crippen LogP contribution is 2.12. The van der Waals surface area contributed by atoms with Crippen LogP contribution in [0.2, 0.25) is 0 Å². The van der Waals surface area contributed by atoms with Crippen molar-refractivity contribution in [2.75, 3.05) is 6.61 Å². The molecule has 1 atom stereocenters. The van der Waals surface area contributed by atoms with Crippen molar-refractivity contribution in [2.24, 2.45) is 0 Å². The Bertz CT molecular complexity index is 204. The summed E-state index contributed by atoms with van der Waals surface area (Å²) in [6.07, 6.45) is 13.0. The minimum absolute atomic E-state index is 0.224. The lowest BCUT2D eigenvalue weighted by Crippen LogP contribution is -2.23. The maximum atomic E-state index is 11.2. The fourth-order valence-electron chi connectivity index (χ4n) is 2.23. The van der Waals surface area contributed by atoms with Gasteiger partial charge >= 0.3 is 0 Å². The normalized spacial score (nSPS) is 12.6. The lowest BCUT2D eigenvalue weighted by atomic mass is 10.0. The molecule has 0 saturated carbocycles. The van der Waals surface area contributed by atoms with Gasteiger partial charge in [-0.2, -0.15) is 0 Å². The molecule has 0 fully saturated rings. The van der Waals surface area contributed by atoms with E-state index in [0.717, 1.165) is 12.8 Å². The monoisotopic (exact) mass is 272 g/mol. The third-order valence-electron chi connectivity index (χ3n) is 3.57. The predicted molar refractivity (Wildman–Crippen MR) is 79.2 cm³/mol. The highest BCUT2D eigenvalue weighted by molar-refractivity contribution is 5.82. The van der Waals surface area contributed by atoms with Gasteiger partial charge in [-0.3, -0.25) is 4.79 Å². The number of rotatable bonds is 14. The molecule has 0 aliphatic carbocycles. The Morgan fingerprint density at radius 3 is 1.68 bits per heavy atom. The topological polar surface area (TPSA) is 57.5 Å². The Hall–Kier alpha value is -0.410. The molecule has 0 aromatic heterocycles. The summed E-state index contributed by atoms with van der Waals surface area (Å²) in [5.74, 6) is -0.224. The van der Waals surface area contributed by atoms with Crippen molar-refractivity contribution in [2.45, 2.75) is 90.1 Å². The summed E-state index contributed by atoms with van der Waals surface area (Å²) < 4.78 is 0. The molecule has 0 aliphatic rings. The molecule has 0 bridgehead atoms. The largest absolute Gasteiger partial charge is 0.393 e. The molecule has 19 heavy (non-hydrogen) atoms. The average molecular weight is 272 g/mol. The van der Waals surface area contributed by atoms with Crippen LogP contribution in [0.15, 0.2) is 0 Å². The molecule has 0 saturated heterocycles. The summed E-state index contributed by atoms with van der Waals surface area (Å²) in [6, 6.07) is 0. The molecule has 0 aromatic rings. The van der Waals surface area contributed by atoms with Crippen molar-refractivity contribution in [1.29, 1.82) is 0 Å². The number of aliphatic hydroxyl groups is 2. The molecule has 0 rings (SSSR count). The number of carbonyl (C=O) groups excluding carboxylic acids is 1. The molecule has 0 spiro atoms. The lowest BCUT2D eigenvalue weighted by molar-refractivity contribution is -0.129. The molecule has 0 aliphatic heterocycles. The van der Waals surface area contributed by atoms with E-state index in [1.165, 1.54) is 57.8 Å². The van der Waals surface area contributed by atoms with Gasteiger partial charge in [0, 0.05) is 6.42 Å². The van der Waals surface area contributed by atoms with E-state index in [4.69, 9.17) is 10.2 Å². The second kappa shape index (κ2) is 14.0. The van der Waals surface area contributed by atoms with Gasteiger partial charge < -0.3 is 10.2 Å². The van der Waals surface area contributed by atoms with Crippen LogP contribution in [0.3, 0.4) is 0 Å². The molecule has 1 unspecified atom stereocenters. The molecule has 3 heteroatoms. The molecule has 3 nitrogen and oxygen atoms in total. The van der Waals surface area contributed by atoms with Crippen molar-refractivity contribution < 1.29 is 15.0 Å². The zero-order valence-electron chi connectivity index (χ0n) is 12.6. The van der Waals surface area contributed by atoms with E-state index in [-0.39, 0.29) is 5.78 Å². The second-order valence-corrected chi connectivity index (χ2v) is 5.45. The van der Waals surface area contributed by atoms with Crippen LogP contribution >= 0.6 is 0 Å². The fraction of sp³-hybridized carbons (Fsp3) is 0.938. The number of unbranched alkanes of at least 4 members (excludes halogenated alkanes) is 10. The first kappa shape index (κ1) is 18.6. The fourth-order valence-corrected chi connectivity index (χ4v) is 2.23. The average Bonchev–Trinajstić information content (AvgIpc) is 2.43. The van der Waals surface area contributed by atoms with Gasteiger partial charge in [-0.15, -0.1) is 0 Å². The smallest absolute Gasteiger partial charge is 0.163 e. The quantitative estimate of drug-likeness (QED) is 0.475. The Balaban J connectivity index is 3.13. The molecule has 0 aromatic carbocycles. The number of aliphatic hydroxyl groups excluding tert-OH is 2. The maximum Gasteiger partial charge on any atom is 0.163 e.